The molecule has 0 aliphatic heterocycles. The summed E-state index contributed by atoms with van der Waals surface area (Å²) < 4.78 is 5.17. The third-order valence-electron chi connectivity index (χ3n) is 4.55. The topological polar surface area (TPSA) is 75.6 Å². The maximum Gasteiger partial charge on any atom is 0.310 e. The molecule has 2 rings (SSSR count). The standard InChI is InChI=1S/C21H25NO4/c1-4-15(16-8-10-19(26-3)11-9-16)13-20(23)22-18-7-5-6-17(12-18)14(2)21(24)25/h5-12,14-15H,4,13H2,1-3H3,(H,22,23)(H,24,25). The van der Waals surface area contributed by atoms with Gasteiger partial charge in [-0.05, 0) is 54.7 Å². The van der Waals surface area contributed by atoms with Crippen molar-refractivity contribution in [2.75, 3.05) is 12.4 Å². The summed E-state index contributed by atoms with van der Waals surface area (Å²) in [6, 6.07) is 14.7. The van der Waals surface area contributed by atoms with Crippen molar-refractivity contribution >= 4 is 17.6 Å². The second-order valence-electron chi connectivity index (χ2n) is 6.32. The number of aliphatic carboxylic acids is 1. The van der Waals surface area contributed by atoms with Crippen LogP contribution in [0.5, 0.6) is 5.75 Å². The number of anilines is 1. The van der Waals surface area contributed by atoms with E-state index in [1.165, 1.54) is 0 Å². The van der Waals surface area contributed by atoms with E-state index >= 15 is 0 Å². The molecule has 138 valence electrons. The van der Waals surface area contributed by atoms with Gasteiger partial charge in [0, 0.05) is 12.1 Å². The molecule has 0 fully saturated rings. The van der Waals surface area contributed by atoms with Gasteiger partial charge < -0.3 is 15.2 Å². The van der Waals surface area contributed by atoms with E-state index in [1.807, 2.05) is 24.3 Å². The lowest BCUT2D eigenvalue weighted by atomic mass is 9.93. The summed E-state index contributed by atoms with van der Waals surface area (Å²) in [5.74, 6) is -0.694. The van der Waals surface area contributed by atoms with Crippen LogP contribution in [0.4, 0.5) is 5.69 Å². The Kier molecular flexibility index (Phi) is 6.78. The Hall–Kier alpha value is -2.82. The Morgan fingerprint density at radius 3 is 2.38 bits per heavy atom. The van der Waals surface area contributed by atoms with Crippen LogP contribution in [0.15, 0.2) is 48.5 Å². The van der Waals surface area contributed by atoms with Crippen LogP contribution in [-0.2, 0) is 9.59 Å². The number of benzene rings is 2. The number of carboxylic acids is 1. The summed E-state index contributed by atoms with van der Waals surface area (Å²) in [6.07, 6.45) is 1.21. The molecule has 2 atom stereocenters. The number of methoxy groups -OCH3 is 1. The van der Waals surface area contributed by atoms with Crippen LogP contribution in [0.25, 0.3) is 0 Å². The van der Waals surface area contributed by atoms with Crippen LogP contribution in [0.2, 0.25) is 0 Å². The van der Waals surface area contributed by atoms with Gasteiger partial charge in [-0.25, -0.2) is 0 Å². The van der Waals surface area contributed by atoms with Crippen molar-refractivity contribution in [2.24, 2.45) is 0 Å². The number of carbonyl (C=O) groups excluding carboxylic acids is 1. The minimum atomic E-state index is -0.890. The quantitative estimate of drug-likeness (QED) is 0.736. The van der Waals surface area contributed by atoms with Crippen molar-refractivity contribution in [3.63, 3.8) is 0 Å². The van der Waals surface area contributed by atoms with Gasteiger partial charge in [0.2, 0.25) is 5.91 Å². The molecule has 0 aromatic heterocycles. The lowest BCUT2D eigenvalue weighted by Crippen LogP contribution is -2.16. The lowest BCUT2D eigenvalue weighted by Gasteiger charge is -2.16. The predicted octanol–water partition coefficient (Wildman–Crippen LogP) is 4.41. The van der Waals surface area contributed by atoms with Crippen molar-refractivity contribution in [1.82, 2.24) is 0 Å². The molecule has 2 unspecified atom stereocenters. The number of hydrogen-bond acceptors (Lipinski definition) is 3. The van der Waals surface area contributed by atoms with Crippen molar-refractivity contribution in [1.29, 1.82) is 0 Å². The summed E-state index contributed by atoms with van der Waals surface area (Å²) in [5.41, 5.74) is 2.37. The number of carboxylic acid groups (broad SMARTS) is 1. The first-order chi connectivity index (χ1) is 12.4. The summed E-state index contributed by atoms with van der Waals surface area (Å²) in [5, 5.41) is 12.0. The van der Waals surface area contributed by atoms with E-state index in [1.54, 1.807) is 38.3 Å². The van der Waals surface area contributed by atoms with Crippen LogP contribution in [0, 0.1) is 0 Å². The Morgan fingerprint density at radius 2 is 1.81 bits per heavy atom. The molecule has 0 saturated carbocycles. The van der Waals surface area contributed by atoms with E-state index in [0.29, 0.717) is 17.7 Å². The van der Waals surface area contributed by atoms with Crippen LogP contribution in [-0.4, -0.2) is 24.1 Å². The van der Waals surface area contributed by atoms with Gasteiger partial charge in [-0.15, -0.1) is 0 Å². The fourth-order valence-corrected chi connectivity index (χ4v) is 2.84. The maximum atomic E-state index is 12.4. The first-order valence-electron chi connectivity index (χ1n) is 8.71. The molecule has 0 radical (unpaired) electrons. The minimum Gasteiger partial charge on any atom is -0.497 e. The van der Waals surface area contributed by atoms with E-state index in [0.717, 1.165) is 17.7 Å². The highest BCUT2D eigenvalue weighted by atomic mass is 16.5. The van der Waals surface area contributed by atoms with Gasteiger partial charge >= 0.3 is 5.97 Å². The van der Waals surface area contributed by atoms with E-state index in [2.05, 4.69) is 12.2 Å². The summed E-state index contributed by atoms with van der Waals surface area (Å²) in [4.78, 5) is 23.6. The van der Waals surface area contributed by atoms with Crippen molar-refractivity contribution in [2.45, 2.75) is 38.5 Å². The third-order valence-corrected chi connectivity index (χ3v) is 4.55. The largest absolute Gasteiger partial charge is 0.497 e. The first-order valence-corrected chi connectivity index (χ1v) is 8.71. The first kappa shape index (κ1) is 19.5. The second-order valence-corrected chi connectivity index (χ2v) is 6.32. The zero-order valence-electron chi connectivity index (χ0n) is 15.4. The average Bonchev–Trinajstić information content (AvgIpc) is 2.65. The second kappa shape index (κ2) is 9.04. The number of amides is 1. The Balaban J connectivity index is 2.04. The third kappa shape index (κ3) is 5.09. The molecule has 0 spiro atoms. The van der Waals surface area contributed by atoms with Gasteiger partial charge in [0.05, 0.1) is 13.0 Å². The molecule has 0 saturated heterocycles. The van der Waals surface area contributed by atoms with E-state index in [4.69, 9.17) is 9.84 Å². The van der Waals surface area contributed by atoms with Gasteiger partial charge in [-0.1, -0.05) is 31.2 Å². The van der Waals surface area contributed by atoms with E-state index in [9.17, 15) is 9.59 Å². The fourth-order valence-electron chi connectivity index (χ4n) is 2.84. The van der Waals surface area contributed by atoms with Crippen LogP contribution in [0.3, 0.4) is 0 Å². The molecule has 26 heavy (non-hydrogen) atoms. The number of nitrogens with one attached hydrogen (secondary N) is 1. The molecule has 5 nitrogen and oxygen atoms in total. The molecule has 2 N–H and O–H groups in total. The Bertz CT molecular complexity index is 755. The molecule has 0 bridgehead atoms. The van der Waals surface area contributed by atoms with Gasteiger partial charge in [-0.2, -0.15) is 0 Å². The Labute approximate surface area is 154 Å². The van der Waals surface area contributed by atoms with Crippen LogP contribution in [0.1, 0.15) is 49.7 Å². The molecule has 0 heterocycles. The van der Waals surface area contributed by atoms with Gasteiger partial charge in [0.15, 0.2) is 0 Å². The normalized spacial score (nSPS) is 12.9. The highest BCUT2D eigenvalue weighted by molar-refractivity contribution is 5.91. The number of hydrogen-bond donors (Lipinski definition) is 2. The molecule has 2 aromatic carbocycles. The molecule has 2 aromatic rings. The van der Waals surface area contributed by atoms with E-state index in [-0.39, 0.29) is 11.8 Å². The monoisotopic (exact) mass is 355 g/mol. The highest BCUT2D eigenvalue weighted by Crippen LogP contribution is 2.26. The fraction of sp³-hybridized carbons (Fsp3) is 0.333. The maximum absolute atomic E-state index is 12.4. The zero-order chi connectivity index (χ0) is 19.1. The summed E-state index contributed by atoms with van der Waals surface area (Å²) >= 11 is 0. The number of ether oxygens (including phenoxy) is 1. The van der Waals surface area contributed by atoms with Crippen LogP contribution < -0.4 is 10.1 Å². The van der Waals surface area contributed by atoms with Gasteiger partial charge in [0.1, 0.15) is 5.75 Å². The highest BCUT2D eigenvalue weighted by Gasteiger charge is 2.16. The van der Waals surface area contributed by atoms with Crippen molar-refractivity contribution in [3.8, 4) is 5.75 Å². The molecule has 0 aliphatic carbocycles. The molecule has 5 heteroatoms. The average molecular weight is 355 g/mol. The lowest BCUT2D eigenvalue weighted by molar-refractivity contribution is -0.138. The van der Waals surface area contributed by atoms with E-state index < -0.39 is 11.9 Å². The Morgan fingerprint density at radius 1 is 1.12 bits per heavy atom. The number of carbonyl (C=O) groups is 2. The van der Waals surface area contributed by atoms with Gasteiger partial charge in [-0.3, -0.25) is 9.59 Å². The predicted molar refractivity (Wildman–Crippen MR) is 102 cm³/mol. The zero-order valence-corrected chi connectivity index (χ0v) is 15.4. The SMILES string of the molecule is CCC(CC(=O)Nc1cccc(C(C)C(=O)O)c1)c1ccc(OC)cc1. The van der Waals surface area contributed by atoms with Crippen molar-refractivity contribution in [3.05, 3.63) is 59.7 Å². The molecular weight excluding hydrogens is 330 g/mol. The summed E-state index contributed by atoms with van der Waals surface area (Å²) in [6.45, 7) is 3.68. The van der Waals surface area contributed by atoms with Gasteiger partial charge in [0.25, 0.3) is 0 Å². The van der Waals surface area contributed by atoms with Crippen LogP contribution >= 0.6 is 0 Å². The molecule has 1 amide bonds. The smallest absolute Gasteiger partial charge is 0.310 e. The molecule has 0 aliphatic rings. The molecular formula is C21H25NO4. The minimum absolute atomic E-state index is 0.0900. The summed E-state index contributed by atoms with van der Waals surface area (Å²) in [7, 11) is 1.62. The number of rotatable bonds is 8. The van der Waals surface area contributed by atoms with Crippen molar-refractivity contribution < 1.29 is 19.4 Å².